The second-order valence-electron chi connectivity index (χ2n) is 5.87. The van der Waals surface area contributed by atoms with Crippen LogP contribution in [0.4, 0.5) is 5.69 Å². The minimum absolute atomic E-state index is 0. The highest BCUT2D eigenvalue weighted by Gasteiger charge is 2.37. The smallest absolute Gasteiger partial charge is 0.257 e. The second kappa shape index (κ2) is 9.46. The van der Waals surface area contributed by atoms with Gasteiger partial charge in [0.25, 0.3) is 5.91 Å². The lowest BCUT2D eigenvalue weighted by Crippen LogP contribution is -2.43. The van der Waals surface area contributed by atoms with Gasteiger partial charge in [0.1, 0.15) is 11.9 Å². The number of benzene rings is 2. The van der Waals surface area contributed by atoms with Gasteiger partial charge in [-0.1, -0.05) is 24.3 Å². The molecular weight excluding hydrogens is 384 g/mol. The molecular formula is C20H25ClN2O3S. The third-order valence-electron chi connectivity index (χ3n) is 4.21. The first-order chi connectivity index (χ1) is 14.9. The van der Waals surface area contributed by atoms with Gasteiger partial charge in [0.2, 0.25) is 0 Å². The van der Waals surface area contributed by atoms with E-state index in [4.69, 9.17) is 13.0 Å². The van der Waals surface area contributed by atoms with E-state index in [1.165, 1.54) is 16.7 Å². The minimum atomic E-state index is -2.86. The Morgan fingerprint density at radius 2 is 1.93 bits per heavy atom. The van der Waals surface area contributed by atoms with E-state index in [0.717, 1.165) is 5.56 Å². The fraction of sp³-hybridized carbons (Fsp3) is 0.350. The van der Waals surface area contributed by atoms with Crippen LogP contribution in [-0.2, 0) is 4.79 Å². The van der Waals surface area contributed by atoms with Crippen molar-refractivity contribution >= 4 is 35.8 Å². The summed E-state index contributed by atoms with van der Waals surface area (Å²) in [5, 5.41) is 10.3. The summed E-state index contributed by atoms with van der Waals surface area (Å²) >= 11 is 1.32. The van der Waals surface area contributed by atoms with Gasteiger partial charge in [-0.2, -0.15) is 0 Å². The molecule has 1 aliphatic heterocycles. The van der Waals surface area contributed by atoms with Gasteiger partial charge in [-0.05, 0) is 43.8 Å². The van der Waals surface area contributed by atoms with Crippen LogP contribution in [0.5, 0.6) is 5.75 Å². The monoisotopic (exact) mass is 414 g/mol. The number of carbonyl (C=O) groups is 1. The molecule has 1 N–H and O–H groups in total. The van der Waals surface area contributed by atoms with Crippen LogP contribution in [0.1, 0.15) is 19.0 Å². The molecule has 1 aliphatic rings. The van der Waals surface area contributed by atoms with Crippen LogP contribution in [-0.4, -0.2) is 56.2 Å². The van der Waals surface area contributed by atoms with Crippen LogP contribution in [0.2, 0.25) is 0 Å². The lowest BCUT2D eigenvalue weighted by atomic mass is 10.1. The lowest BCUT2D eigenvalue weighted by Gasteiger charge is -2.26. The first-order valence-electron chi connectivity index (χ1n) is 11.1. The zero-order valence-corrected chi connectivity index (χ0v) is 16.3. The Bertz CT molecular complexity index is 944. The molecule has 5 nitrogen and oxygen atoms in total. The van der Waals surface area contributed by atoms with Gasteiger partial charge in [-0.25, -0.2) is 0 Å². The molecule has 0 aliphatic carbocycles. The fourth-order valence-electron chi connectivity index (χ4n) is 2.86. The van der Waals surface area contributed by atoms with E-state index in [9.17, 15) is 9.90 Å². The molecule has 1 amide bonds. The summed E-state index contributed by atoms with van der Waals surface area (Å²) in [4.78, 5) is 15.6. The Hall–Kier alpha value is -1.73. The molecule has 0 saturated carbocycles. The van der Waals surface area contributed by atoms with E-state index in [0.29, 0.717) is 21.2 Å². The number of aliphatic hydroxyl groups excluding tert-OH is 1. The molecule has 7 heteroatoms. The molecule has 27 heavy (non-hydrogen) atoms. The molecule has 2 unspecified atom stereocenters. The summed E-state index contributed by atoms with van der Waals surface area (Å²) in [5.74, 6) is 0.0175. The zero-order valence-electron chi connectivity index (χ0n) is 20.7. The highest BCUT2D eigenvalue weighted by atomic mass is 35.5. The average molecular weight is 415 g/mol. The van der Waals surface area contributed by atoms with E-state index in [-0.39, 0.29) is 19.0 Å². The van der Waals surface area contributed by atoms with Crippen molar-refractivity contribution in [3.05, 3.63) is 54.1 Å². The largest absolute Gasteiger partial charge is 0.497 e. The van der Waals surface area contributed by atoms with Crippen molar-refractivity contribution in [2.24, 2.45) is 0 Å². The van der Waals surface area contributed by atoms with Crippen LogP contribution < -0.4 is 9.64 Å². The van der Waals surface area contributed by atoms with Gasteiger partial charge in [0.05, 0.1) is 18.0 Å². The van der Waals surface area contributed by atoms with Crippen molar-refractivity contribution in [1.29, 1.82) is 0 Å². The average Bonchev–Trinajstić information content (AvgIpc) is 2.82. The van der Waals surface area contributed by atoms with Gasteiger partial charge >= 0.3 is 0 Å². The summed E-state index contributed by atoms with van der Waals surface area (Å²) < 4.78 is 50.5. The first kappa shape index (κ1) is 14.3. The summed E-state index contributed by atoms with van der Waals surface area (Å²) in [6.45, 7) is -6.35. The number of likely N-dealkylation sites (N-methyl/N-ethyl adjacent to an activating group) is 1. The Morgan fingerprint density at radius 3 is 2.59 bits per heavy atom. The molecule has 0 radical (unpaired) electrons. The molecule has 2 atom stereocenters. The number of methoxy groups -OCH3 is 1. The number of para-hydroxylation sites is 1. The van der Waals surface area contributed by atoms with Gasteiger partial charge < -0.3 is 19.6 Å². The van der Waals surface area contributed by atoms with Crippen molar-refractivity contribution in [3.63, 3.8) is 0 Å². The number of nitrogens with zero attached hydrogens (tertiary/aromatic N) is 2. The Morgan fingerprint density at radius 1 is 1.22 bits per heavy atom. The molecule has 0 fully saturated rings. The summed E-state index contributed by atoms with van der Waals surface area (Å²) in [6, 6.07) is 14.1. The number of hydrogen-bond donors (Lipinski definition) is 1. The van der Waals surface area contributed by atoms with Crippen molar-refractivity contribution in [2.45, 2.75) is 16.2 Å². The summed E-state index contributed by atoms with van der Waals surface area (Å²) in [6.07, 6.45) is -1.42. The SMILES string of the molecule is Cl.[2H]C([2H])([2H])N(CCN1C(=O)C(O)C(c2ccc(OC)cc2)Sc2ccccc21)C([2H])([2H])[2H]. The zero-order chi connectivity index (χ0) is 23.7. The predicted molar refractivity (Wildman–Crippen MR) is 112 cm³/mol. The molecule has 0 aromatic heterocycles. The molecule has 0 saturated heterocycles. The van der Waals surface area contributed by atoms with Gasteiger partial charge in [-0.15, -0.1) is 24.2 Å². The molecule has 2 aromatic rings. The maximum absolute atomic E-state index is 13.3. The van der Waals surface area contributed by atoms with E-state index in [1.807, 2.05) is 0 Å². The Labute approximate surface area is 179 Å². The van der Waals surface area contributed by atoms with Crippen molar-refractivity contribution < 1.29 is 22.9 Å². The highest BCUT2D eigenvalue weighted by molar-refractivity contribution is 7.99. The summed E-state index contributed by atoms with van der Waals surface area (Å²) in [7, 11) is 1.55. The highest BCUT2D eigenvalue weighted by Crippen LogP contribution is 2.45. The van der Waals surface area contributed by atoms with E-state index >= 15 is 0 Å². The number of hydrogen-bond acceptors (Lipinski definition) is 5. The third-order valence-corrected chi connectivity index (χ3v) is 5.59. The van der Waals surface area contributed by atoms with E-state index in [2.05, 4.69) is 0 Å². The predicted octanol–water partition coefficient (Wildman–Crippen LogP) is 3.22. The van der Waals surface area contributed by atoms with Crippen molar-refractivity contribution in [3.8, 4) is 5.75 Å². The van der Waals surface area contributed by atoms with Crippen LogP contribution in [0.25, 0.3) is 0 Å². The quantitative estimate of drug-likeness (QED) is 0.814. The van der Waals surface area contributed by atoms with Crippen LogP contribution in [0.3, 0.4) is 0 Å². The standard InChI is InChI=1S/C20H24N2O3S.ClH/c1-21(2)12-13-22-16-6-4-5-7-17(16)26-19(18(23)20(22)24)14-8-10-15(25-3)11-9-14;/h4-11,18-19,23H,12-13H2,1-3H3;1H/i1D3,2D3;. The normalized spacial score (nSPS) is 23.5. The molecule has 0 bridgehead atoms. The third kappa shape index (κ3) is 4.76. The second-order valence-corrected chi connectivity index (χ2v) is 7.05. The van der Waals surface area contributed by atoms with Crippen molar-refractivity contribution in [2.75, 3.05) is 39.1 Å². The molecule has 146 valence electrons. The van der Waals surface area contributed by atoms with Gasteiger partial charge in [0, 0.05) is 26.2 Å². The Kier molecular flexibility index (Phi) is 5.01. The van der Waals surface area contributed by atoms with E-state index in [1.54, 1.807) is 55.6 Å². The maximum atomic E-state index is 13.3. The fourth-order valence-corrected chi connectivity index (χ4v) is 4.13. The number of carbonyl (C=O) groups excluding carboxylic acids is 1. The number of halogens is 1. The first-order valence-corrected chi connectivity index (χ1v) is 8.98. The van der Waals surface area contributed by atoms with Crippen molar-refractivity contribution in [1.82, 2.24) is 4.90 Å². The van der Waals surface area contributed by atoms with Crippen LogP contribution in [0, 0.1) is 0 Å². The number of thioether (sulfide) groups is 1. The number of rotatable bonds is 5. The topological polar surface area (TPSA) is 53.0 Å². The molecule has 1 heterocycles. The van der Waals surface area contributed by atoms with Gasteiger partial charge in [-0.3, -0.25) is 4.79 Å². The van der Waals surface area contributed by atoms with Gasteiger partial charge in [0.15, 0.2) is 0 Å². The number of aliphatic hydroxyl groups is 1. The number of ether oxygens (including phenoxy) is 1. The maximum Gasteiger partial charge on any atom is 0.257 e. The summed E-state index contributed by atoms with van der Waals surface area (Å²) in [5.41, 5.74) is 1.22. The Balaban J connectivity index is 0.00000385. The molecule has 3 rings (SSSR count). The van der Waals surface area contributed by atoms with E-state index < -0.39 is 37.8 Å². The molecule has 2 aromatic carbocycles. The van der Waals surface area contributed by atoms with Crippen LogP contribution >= 0.6 is 24.2 Å². The number of anilines is 1. The number of amides is 1. The minimum Gasteiger partial charge on any atom is -0.497 e. The lowest BCUT2D eigenvalue weighted by molar-refractivity contribution is -0.126. The van der Waals surface area contributed by atoms with Crippen LogP contribution in [0.15, 0.2) is 53.4 Å². The number of fused-ring (bicyclic) bond motifs is 1. The molecule has 0 spiro atoms.